The smallest absolute Gasteiger partial charge is 0.428 e. The average Bonchev–Trinajstić information content (AvgIpc) is 2.72. The highest BCUT2D eigenvalue weighted by atomic mass is 35.5. The zero-order chi connectivity index (χ0) is 27.6. The second-order valence-corrected chi connectivity index (χ2v) is 10.0. The van der Waals surface area contributed by atoms with Crippen LogP contribution in [0.4, 0.5) is 22.4 Å². The number of ether oxygens (including phenoxy) is 1. The largest absolute Gasteiger partial charge is 0.442 e. The maximum Gasteiger partial charge on any atom is 0.428 e. The normalized spacial score (nSPS) is 13.3. The first-order valence-electron chi connectivity index (χ1n) is 10.4. The van der Waals surface area contributed by atoms with Gasteiger partial charge in [0.25, 0.3) is 5.91 Å². The van der Waals surface area contributed by atoms with Crippen LogP contribution in [0.1, 0.15) is 53.7 Å². The van der Waals surface area contributed by atoms with E-state index in [2.05, 4.69) is 5.43 Å². The van der Waals surface area contributed by atoms with Crippen molar-refractivity contribution < 1.29 is 31.9 Å². The monoisotopic (exact) mass is 568 g/mol. The van der Waals surface area contributed by atoms with E-state index in [1.165, 1.54) is 26.1 Å². The molecule has 0 bridgehead atoms. The molecule has 2 aromatic carbocycles. The molecule has 0 aliphatic heterocycles. The van der Waals surface area contributed by atoms with Gasteiger partial charge in [-0.15, -0.1) is 0 Å². The molecule has 196 valence electrons. The van der Waals surface area contributed by atoms with E-state index in [9.17, 15) is 27.2 Å². The molecule has 0 aliphatic carbocycles. The molecule has 2 rings (SSSR count). The number of halogens is 7. The maximum absolute atomic E-state index is 15.0. The van der Waals surface area contributed by atoms with Crippen LogP contribution in [-0.2, 0) is 4.74 Å². The van der Waals surface area contributed by atoms with Crippen molar-refractivity contribution in [2.75, 3.05) is 7.05 Å². The highest BCUT2D eigenvalue weighted by molar-refractivity contribution is 6.48. The zero-order valence-corrected chi connectivity index (χ0v) is 22.1. The van der Waals surface area contributed by atoms with Crippen LogP contribution in [0, 0.1) is 6.92 Å². The Morgan fingerprint density at radius 3 is 2.08 bits per heavy atom. The Balaban J connectivity index is 2.32. The highest BCUT2D eigenvalue weighted by Gasteiger charge is 2.40. The second kappa shape index (κ2) is 11.3. The number of benzene rings is 2. The molecule has 5 nitrogen and oxygen atoms in total. The number of hydrogen-bond donors (Lipinski definition) is 1. The minimum Gasteiger partial charge on any atom is -0.442 e. The fraction of sp³-hybridized carbons (Fsp3) is 0.333. The Morgan fingerprint density at radius 2 is 1.61 bits per heavy atom. The Morgan fingerprint density at radius 1 is 1.06 bits per heavy atom. The van der Waals surface area contributed by atoms with Crippen LogP contribution in [0.2, 0.25) is 15.1 Å². The van der Waals surface area contributed by atoms with Crippen molar-refractivity contribution in [3.05, 3.63) is 73.7 Å². The quantitative estimate of drug-likeness (QED) is 0.230. The first kappa shape index (κ1) is 29.7. The molecule has 1 N–H and O–H groups in total. The van der Waals surface area contributed by atoms with Crippen LogP contribution in [0.25, 0.3) is 5.83 Å². The highest BCUT2D eigenvalue weighted by Crippen LogP contribution is 2.42. The van der Waals surface area contributed by atoms with Crippen LogP contribution in [0.3, 0.4) is 0 Å². The number of hydrogen-bond acceptors (Lipinski definition) is 3. The molecule has 0 aromatic heterocycles. The van der Waals surface area contributed by atoms with Crippen LogP contribution in [-0.4, -0.2) is 35.8 Å². The third-order valence-corrected chi connectivity index (χ3v) is 5.91. The van der Waals surface area contributed by atoms with Gasteiger partial charge in [0, 0.05) is 18.2 Å². The molecule has 2 aromatic rings. The summed E-state index contributed by atoms with van der Waals surface area (Å²) in [6.07, 6.45) is -5.28. The number of rotatable bonds is 4. The van der Waals surface area contributed by atoms with E-state index in [4.69, 9.17) is 39.5 Å². The van der Waals surface area contributed by atoms with Gasteiger partial charge in [-0.1, -0.05) is 40.9 Å². The Hall–Kier alpha value is -2.49. The van der Waals surface area contributed by atoms with Crippen molar-refractivity contribution >= 4 is 52.6 Å². The molecule has 1 atom stereocenters. The summed E-state index contributed by atoms with van der Waals surface area (Å²) in [5.74, 6) is -4.24. The van der Waals surface area contributed by atoms with E-state index in [1.54, 1.807) is 20.8 Å². The lowest BCUT2D eigenvalue weighted by Gasteiger charge is -2.25. The van der Waals surface area contributed by atoms with Crippen molar-refractivity contribution in [1.29, 1.82) is 0 Å². The van der Waals surface area contributed by atoms with Crippen LogP contribution in [0.15, 0.2) is 36.4 Å². The molecule has 0 heterocycles. The molecule has 0 aliphatic rings. The molecule has 0 spiro atoms. The minimum absolute atomic E-state index is 0.0746. The van der Waals surface area contributed by atoms with Gasteiger partial charge in [0.2, 0.25) is 0 Å². The first-order valence-corrected chi connectivity index (χ1v) is 11.5. The van der Waals surface area contributed by atoms with E-state index in [0.717, 1.165) is 23.2 Å². The van der Waals surface area contributed by atoms with Gasteiger partial charge in [-0.3, -0.25) is 10.2 Å². The molecule has 1 unspecified atom stereocenters. The molecular formula is C24H23Cl3F4N2O3. The summed E-state index contributed by atoms with van der Waals surface area (Å²) in [7, 11) is 1.28. The predicted octanol–water partition coefficient (Wildman–Crippen LogP) is 8.12. The zero-order valence-electron chi connectivity index (χ0n) is 19.9. The molecule has 0 radical (unpaired) electrons. The average molecular weight is 570 g/mol. The number of carbonyl (C=O) groups excluding carboxylic acids is 2. The lowest BCUT2D eigenvalue weighted by molar-refractivity contribution is -0.139. The maximum atomic E-state index is 15.0. The number of carbonyl (C=O) groups is 2. The van der Waals surface area contributed by atoms with E-state index in [-0.39, 0.29) is 31.8 Å². The predicted molar refractivity (Wildman–Crippen MR) is 132 cm³/mol. The molecule has 0 saturated heterocycles. The lowest BCUT2D eigenvalue weighted by Crippen LogP contribution is -2.45. The van der Waals surface area contributed by atoms with Crippen LogP contribution >= 0.6 is 34.8 Å². The van der Waals surface area contributed by atoms with Gasteiger partial charge in [0.15, 0.2) is 0 Å². The molecule has 2 amide bonds. The number of hydrazine groups is 1. The third kappa shape index (κ3) is 7.75. The number of nitrogens with one attached hydrogen (secondary N) is 1. The SMILES string of the molecule is Cc1cc(/C(F)=C/C(c2cc(Cl)c(Cl)c(Cl)c2)C(F)(F)F)ccc1C(=O)NN(C)C(=O)OC(C)(C)C. The van der Waals surface area contributed by atoms with E-state index in [1.807, 2.05) is 0 Å². The number of nitrogens with zero attached hydrogens (tertiary/aromatic N) is 1. The molecule has 0 saturated carbocycles. The number of aryl methyl sites for hydroxylation is 1. The van der Waals surface area contributed by atoms with Crippen molar-refractivity contribution in [3.8, 4) is 0 Å². The molecule has 36 heavy (non-hydrogen) atoms. The third-order valence-electron chi connectivity index (χ3n) is 4.71. The van der Waals surface area contributed by atoms with E-state index in [0.29, 0.717) is 6.08 Å². The summed E-state index contributed by atoms with van der Waals surface area (Å²) in [6.45, 7) is 6.44. The van der Waals surface area contributed by atoms with Crippen molar-refractivity contribution in [1.82, 2.24) is 10.4 Å². The second-order valence-electron chi connectivity index (χ2n) is 8.84. The van der Waals surface area contributed by atoms with Gasteiger partial charge in [0.1, 0.15) is 17.3 Å². The van der Waals surface area contributed by atoms with Gasteiger partial charge in [-0.2, -0.15) is 13.2 Å². The minimum atomic E-state index is -4.86. The number of amides is 2. The summed E-state index contributed by atoms with van der Waals surface area (Å²) in [4.78, 5) is 24.6. The van der Waals surface area contributed by atoms with Crippen molar-refractivity contribution in [3.63, 3.8) is 0 Å². The fourth-order valence-corrected chi connectivity index (χ4v) is 3.65. The first-order chi connectivity index (χ1) is 16.4. The summed E-state index contributed by atoms with van der Waals surface area (Å²) in [6, 6.07) is 5.53. The Labute approximate surface area is 220 Å². The Kier molecular flexibility index (Phi) is 9.31. The molecule has 0 fully saturated rings. The summed E-state index contributed by atoms with van der Waals surface area (Å²) < 4.78 is 61.4. The summed E-state index contributed by atoms with van der Waals surface area (Å²) in [5, 5.41) is 0.321. The molecular weight excluding hydrogens is 547 g/mol. The summed E-state index contributed by atoms with van der Waals surface area (Å²) in [5.41, 5.74) is 1.29. The standard InChI is InChI=1S/C24H23Cl3F4N2O3/c1-12-8-13(6-7-15(12)21(34)32-33(5)22(35)36-23(2,3)4)19(28)11-16(24(29,30)31)14-9-17(25)20(27)18(26)10-14/h6-11,16H,1-5H3,(H,32,34)/b19-11-. The van der Waals surface area contributed by atoms with E-state index >= 15 is 0 Å². The molecule has 12 heteroatoms. The van der Waals surface area contributed by atoms with E-state index < -0.39 is 41.1 Å². The summed E-state index contributed by atoms with van der Waals surface area (Å²) >= 11 is 17.5. The lowest BCUT2D eigenvalue weighted by atomic mass is 9.95. The van der Waals surface area contributed by atoms with Crippen molar-refractivity contribution in [2.24, 2.45) is 0 Å². The number of allylic oxidation sites excluding steroid dienone is 1. The van der Waals surface area contributed by atoms with Gasteiger partial charge < -0.3 is 4.74 Å². The van der Waals surface area contributed by atoms with Gasteiger partial charge in [-0.05, 0) is 69.2 Å². The number of alkyl halides is 3. The fourth-order valence-electron chi connectivity index (χ4n) is 3.03. The van der Waals surface area contributed by atoms with Gasteiger partial charge in [0.05, 0.1) is 15.1 Å². The topological polar surface area (TPSA) is 58.6 Å². The van der Waals surface area contributed by atoms with Gasteiger partial charge >= 0.3 is 12.3 Å². The van der Waals surface area contributed by atoms with Crippen molar-refractivity contribution in [2.45, 2.75) is 45.4 Å². The van der Waals surface area contributed by atoms with Crippen LogP contribution in [0.5, 0.6) is 0 Å². The Bertz CT molecular complexity index is 1170. The van der Waals surface area contributed by atoms with Gasteiger partial charge in [-0.25, -0.2) is 14.2 Å². The van der Waals surface area contributed by atoms with Crippen LogP contribution < -0.4 is 5.43 Å².